The topological polar surface area (TPSA) is 47.0 Å². The Bertz CT molecular complexity index is 270. The first kappa shape index (κ1) is 10.0. The third-order valence-corrected chi connectivity index (χ3v) is 3.15. The van der Waals surface area contributed by atoms with Crippen LogP contribution in [0.1, 0.15) is 25.5 Å². The van der Waals surface area contributed by atoms with Crippen molar-refractivity contribution in [2.45, 2.75) is 32.0 Å². The van der Waals surface area contributed by atoms with Crippen molar-refractivity contribution in [2.75, 3.05) is 13.1 Å². The predicted molar refractivity (Wildman–Crippen MR) is 55.2 cm³/mol. The SMILES string of the molecule is CC1(OCc2cnsn2)CCNCC1. The van der Waals surface area contributed by atoms with E-state index in [1.165, 1.54) is 11.7 Å². The average molecular weight is 213 g/mol. The molecule has 1 aliphatic rings. The minimum absolute atomic E-state index is 0.0227. The Labute approximate surface area is 88.0 Å². The lowest BCUT2D eigenvalue weighted by Crippen LogP contribution is -2.41. The van der Waals surface area contributed by atoms with Crippen LogP contribution < -0.4 is 5.32 Å². The van der Waals surface area contributed by atoms with E-state index in [2.05, 4.69) is 21.0 Å². The summed E-state index contributed by atoms with van der Waals surface area (Å²) >= 11 is 1.23. The van der Waals surface area contributed by atoms with Crippen LogP contribution >= 0.6 is 11.7 Å². The molecular weight excluding hydrogens is 198 g/mol. The fourth-order valence-corrected chi connectivity index (χ4v) is 2.02. The molecule has 0 aromatic carbocycles. The molecule has 5 heteroatoms. The minimum Gasteiger partial charge on any atom is -0.369 e. The number of nitrogens with one attached hydrogen (secondary N) is 1. The second-order valence-electron chi connectivity index (χ2n) is 3.89. The van der Waals surface area contributed by atoms with Crippen LogP contribution in [0.4, 0.5) is 0 Å². The average Bonchev–Trinajstić information content (AvgIpc) is 2.69. The van der Waals surface area contributed by atoms with Gasteiger partial charge in [-0.15, -0.1) is 0 Å². The molecule has 0 spiro atoms. The van der Waals surface area contributed by atoms with Gasteiger partial charge in [-0.2, -0.15) is 8.75 Å². The summed E-state index contributed by atoms with van der Waals surface area (Å²) in [6.45, 7) is 4.86. The van der Waals surface area contributed by atoms with Gasteiger partial charge in [0, 0.05) is 0 Å². The molecule has 1 aromatic heterocycles. The Kier molecular flexibility index (Phi) is 3.10. The van der Waals surface area contributed by atoms with E-state index in [9.17, 15) is 0 Å². The van der Waals surface area contributed by atoms with Crippen LogP contribution in [0.5, 0.6) is 0 Å². The van der Waals surface area contributed by atoms with Gasteiger partial charge in [-0.05, 0) is 32.9 Å². The lowest BCUT2D eigenvalue weighted by molar-refractivity contribution is -0.0631. The van der Waals surface area contributed by atoms with Gasteiger partial charge in [0.15, 0.2) is 0 Å². The zero-order valence-corrected chi connectivity index (χ0v) is 9.14. The highest BCUT2D eigenvalue weighted by atomic mass is 32.1. The number of ether oxygens (including phenoxy) is 1. The molecule has 14 heavy (non-hydrogen) atoms. The molecule has 2 rings (SSSR count). The van der Waals surface area contributed by atoms with Gasteiger partial charge < -0.3 is 10.1 Å². The maximum Gasteiger partial charge on any atom is 0.1000 e. The normalized spacial score (nSPS) is 20.9. The van der Waals surface area contributed by atoms with Crippen molar-refractivity contribution in [3.05, 3.63) is 11.9 Å². The Balaban J connectivity index is 1.84. The zero-order chi connectivity index (χ0) is 9.86. The summed E-state index contributed by atoms with van der Waals surface area (Å²) in [7, 11) is 0. The molecule has 1 aliphatic heterocycles. The van der Waals surface area contributed by atoms with E-state index in [-0.39, 0.29) is 5.60 Å². The Hall–Kier alpha value is -0.520. The maximum atomic E-state index is 5.88. The lowest BCUT2D eigenvalue weighted by Gasteiger charge is -2.33. The van der Waals surface area contributed by atoms with Crippen molar-refractivity contribution in [3.63, 3.8) is 0 Å². The van der Waals surface area contributed by atoms with Crippen LogP contribution in [0.25, 0.3) is 0 Å². The standard InChI is InChI=1S/C9H15N3OS/c1-9(2-4-10-5-3-9)13-7-8-6-11-14-12-8/h6,10H,2-5,7H2,1H3. The van der Waals surface area contributed by atoms with Crippen LogP contribution in [-0.2, 0) is 11.3 Å². The van der Waals surface area contributed by atoms with Crippen LogP contribution in [0, 0.1) is 0 Å². The fraction of sp³-hybridized carbons (Fsp3) is 0.778. The van der Waals surface area contributed by atoms with E-state index < -0.39 is 0 Å². The zero-order valence-electron chi connectivity index (χ0n) is 8.32. The molecule has 0 unspecified atom stereocenters. The smallest absolute Gasteiger partial charge is 0.1000 e. The second kappa shape index (κ2) is 4.33. The number of hydrogen-bond acceptors (Lipinski definition) is 5. The molecule has 0 radical (unpaired) electrons. The highest BCUT2D eigenvalue weighted by Gasteiger charge is 2.27. The van der Waals surface area contributed by atoms with Crippen LogP contribution in [0.3, 0.4) is 0 Å². The van der Waals surface area contributed by atoms with Crippen molar-refractivity contribution in [1.29, 1.82) is 0 Å². The van der Waals surface area contributed by atoms with Gasteiger partial charge in [0.25, 0.3) is 0 Å². The van der Waals surface area contributed by atoms with E-state index >= 15 is 0 Å². The predicted octanol–water partition coefficient (Wildman–Crippen LogP) is 1.20. The number of rotatable bonds is 3. The van der Waals surface area contributed by atoms with E-state index in [1.807, 2.05) is 0 Å². The molecule has 1 N–H and O–H groups in total. The Morgan fingerprint density at radius 2 is 2.36 bits per heavy atom. The number of aromatic nitrogens is 2. The molecule has 4 nitrogen and oxygen atoms in total. The first-order chi connectivity index (χ1) is 6.79. The quantitative estimate of drug-likeness (QED) is 0.819. The minimum atomic E-state index is 0.0227. The van der Waals surface area contributed by atoms with E-state index in [0.717, 1.165) is 31.6 Å². The maximum absolute atomic E-state index is 5.88. The van der Waals surface area contributed by atoms with Crippen LogP contribution in [-0.4, -0.2) is 27.4 Å². The van der Waals surface area contributed by atoms with E-state index in [0.29, 0.717) is 6.61 Å². The van der Waals surface area contributed by atoms with Crippen LogP contribution in [0.15, 0.2) is 6.20 Å². The summed E-state index contributed by atoms with van der Waals surface area (Å²) in [5.74, 6) is 0. The summed E-state index contributed by atoms with van der Waals surface area (Å²) in [5, 5.41) is 3.33. The molecule has 78 valence electrons. The van der Waals surface area contributed by atoms with Gasteiger partial charge >= 0.3 is 0 Å². The molecular formula is C9H15N3OS. The van der Waals surface area contributed by atoms with Gasteiger partial charge in [0.2, 0.25) is 0 Å². The summed E-state index contributed by atoms with van der Waals surface area (Å²) in [4.78, 5) is 0. The van der Waals surface area contributed by atoms with Crippen molar-refractivity contribution in [2.24, 2.45) is 0 Å². The van der Waals surface area contributed by atoms with E-state index in [1.54, 1.807) is 6.20 Å². The highest BCUT2D eigenvalue weighted by Crippen LogP contribution is 2.23. The summed E-state index contributed by atoms with van der Waals surface area (Å²) in [6.07, 6.45) is 3.92. The number of nitrogens with zero attached hydrogens (tertiary/aromatic N) is 2. The molecule has 1 saturated heterocycles. The first-order valence-electron chi connectivity index (χ1n) is 4.90. The fourth-order valence-electron chi connectivity index (χ4n) is 1.60. The summed E-state index contributed by atoms with van der Waals surface area (Å²) < 4.78 is 13.9. The van der Waals surface area contributed by atoms with Gasteiger partial charge in [-0.3, -0.25) is 0 Å². The van der Waals surface area contributed by atoms with Crippen molar-refractivity contribution < 1.29 is 4.74 Å². The van der Waals surface area contributed by atoms with Crippen LogP contribution in [0.2, 0.25) is 0 Å². The van der Waals surface area contributed by atoms with Gasteiger partial charge in [0.1, 0.15) is 0 Å². The third kappa shape index (κ3) is 2.50. The van der Waals surface area contributed by atoms with Gasteiger partial charge in [-0.1, -0.05) is 0 Å². The molecule has 0 atom stereocenters. The summed E-state index contributed by atoms with van der Waals surface area (Å²) in [5.41, 5.74) is 0.962. The van der Waals surface area contributed by atoms with Crippen molar-refractivity contribution in [3.8, 4) is 0 Å². The largest absolute Gasteiger partial charge is 0.369 e. The Morgan fingerprint density at radius 3 is 3.00 bits per heavy atom. The van der Waals surface area contributed by atoms with Crippen molar-refractivity contribution >= 4 is 11.7 Å². The summed E-state index contributed by atoms with van der Waals surface area (Å²) in [6, 6.07) is 0. The molecule has 0 bridgehead atoms. The molecule has 0 saturated carbocycles. The number of piperidine rings is 1. The third-order valence-electron chi connectivity index (χ3n) is 2.64. The van der Waals surface area contributed by atoms with E-state index in [4.69, 9.17) is 4.74 Å². The Morgan fingerprint density at radius 1 is 1.57 bits per heavy atom. The monoisotopic (exact) mass is 213 g/mol. The number of hydrogen-bond donors (Lipinski definition) is 1. The lowest BCUT2D eigenvalue weighted by atomic mass is 9.95. The second-order valence-corrected chi connectivity index (χ2v) is 4.44. The molecule has 1 fully saturated rings. The first-order valence-corrected chi connectivity index (χ1v) is 5.63. The molecule has 0 aliphatic carbocycles. The molecule has 0 amide bonds. The molecule has 2 heterocycles. The highest BCUT2D eigenvalue weighted by molar-refractivity contribution is 6.99. The molecule has 1 aromatic rings. The van der Waals surface area contributed by atoms with Gasteiger partial charge in [-0.25, -0.2) is 0 Å². The van der Waals surface area contributed by atoms with Gasteiger partial charge in [0.05, 0.1) is 35.8 Å². The van der Waals surface area contributed by atoms with Crippen molar-refractivity contribution in [1.82, 2.24) is 14.1 Å².